The number of halogens is 1. The predicted molar refractivity (Wildman–Crippen MR) is 65.2 cm³/mol. The highest BCUT2D eigenvalue weighted by molar-refractivity contribution is 9.10. The van der Waals surface area contributed by atoms with Gasteiger partial charge in [0, 0.05) is 19.3 Å². The fourth-order valence-electron chi connectivity index (χ4n) is 1.84. The first kappa shape index (κ1) is 10.5. The van der Waals surface area contributed by atoms with Crippen molar-refractivity contribution in [3.63, 3.8) is 0 Å². The molecule has 17 heavy (non-hydrogen) atoms. The second kappa shape index (κ2) is 3.95. The molecule has 0 aromatic carbocycles. The average molecular weight is 296 g/mol. The number of anilines is 2. The maximum atomic E-state index is 5.61. The first-order valence-electron chi connectivity index (χ1n) is 5.13. The van der Waals surface area contributed by atoms with E-state index in [1.807, 2.05) is 4.57 Å². The topological polar surface area (TPSA) is 85.8 Å². The van der Waals surface area contributed by atoms with Crippen molar-refractivity contribution in [2.45, 2.75) is 13.1 Å². The molecule has 0 bridgehead atoms. The summed E-state index contributed by atoms with van der Waals surface area (Å²) in [7, 11) is 0. The van der Waals surface area contributed by atoms with Crippen LogP contribution >= 0.6 is 15.9 Å². The summed E-state index contributed by atoms with van der Waals surface area (Å²) in [5.41, 5.74) is 5.61. The van der Waals surface area contributed by atoms with Crippen LogP contribution in [0.3, 0.4) is 0 Å². The second-order valence-electron chi connectivity index (χ2n) is 3.76. The maximum Gasteiger partial charge on any atom is 0.222 e. The van der Waals surface area contributed by atoms with E-state index in [-0.39, 0.29) is 5.95 Å². The molecule has 88 valence electrons. The molecule has 0 saturated heterocycles. The minimum absolute atomic E-state index is 0.273. The maximum absolute atomic E-state index is 5.61. The Balaban J connectivity index is 1.94. The largest absolute Gasteiger partial charge is 0.368 e. The third-order valence-electron chi connectivity index (χ3n) is 2.68. The molecule has 0 fully saturated rings. The Morgan fingerprint density at radius 2 is 2.24 bits per heavy atom. The number of nitrogens with zero attached hydrogens (tertiary/aromatic N) is 6. The van der Waals surface area contributed by atoms with E-state index in [1.165, 1.54) is 0 Å². The normalized spacial score (nSPS) is 14.8. The van der Waals surface area contributed by atoms with Crippen molar-refractivity contribution in [1.29, 1.82) is 0 Å². The summed E-state index contributed by atoms with van der Waals surface area (Å²) >= 11 is 3.43. The van der Waals surface area contributed by atoms with Crippen molar-refractivity contribution in [2.24, 2.45) is 0 Å². The molecule has 0 spiro atoms. The molecule has 0 unspecified atom stereocenters. The highest BCUT2D eigenvalue weighted by Crippen LogP contribution is 2.26. The number of nitrogens with two attached hydrogens (primary N) is 1. The summed E-state index contributed by atoms with van der Waals surface area (Å²) < 4.78 is 2.87. The molecule has 0 saturated carbocycles. The molecule has 2 N–H and O–H groups in total. The average Bonchev–Trinajstić information content (AvgIpc) is 2.79. The molecular weight excluding hydrogens is 286 g/mol. The molecule has 2 aromatic heterocycles. The number of hydrogen-bond acceptors (Lipinski definition) is 6. The van der Waals surface area contributed by atoms with Gasteiger partial charge in [-0.05, 0) is 15.9 Å². The lowest BCUT2D eigenvalue weighted by Gasteiger charge is -2.28. The van der Waals surface area contributed by atoms with Gasteiger partial charge in [0.25, 0.3) is 0 Å². The van der Waals surface area contributed by atoms with Crippen LogP contribution in [-0.2, 0) is 13.1 Å². The van der Waals surface area contributed by atoms with Crippen molar-refractivity contribution in [3.05, 3.63) is 22.8 Å². The van der Waals surface area contributed by atoms with Crippen molar-refractivity contribution in [3.8, 4) is 0 Å². The molecule has 7 nitrogen and oxygen atoms in total. The van der Waals surface area contributed by atoms with Crippen LogP contribution in [0.25, 0.3) is 0 Å². The van der Waals surface area contributed by atoms with Crippen molar-refractivity contribution in [2.75, 3.05) is 17.2 Å². The van der Waals surface area contributed by atoms with Crippen LogP contribution in [0.1, 0.15) is 5.82 Å². The zero-order valence-corrected chi connectivity index (χ0v) is 10.5. The van der Waals surface area contributed by atoms with Gasteiger partial charge in [-0.15, -0.1) is 10.2 Å². The van der Waals surface area contributed by atoms with Gasteiger partial charge in [-0.2, -0.15) is 4.98 Å². The number of rotatable bonds is 1. The molecule has 1 aliphatic heterocycles. The summed E-state index contributed by atoms with van der Waals surface area (Å²) in [4.78, 5) is 10.3. The van der Waals surface area contributed by atoms with Crippen molar-refractivity contribution in [1.82, 2.24) is 24.7 Å². The van der Waals surface area contributed by atoms with Crippen LogP contribution < -0.4 is 10.6 Å². The van der Waals surface area contributed by atoms with Gasteiger partial charge in [0.05, 0.1) is 11.0 Å². The fourth-order valence-corrected chi connectivity index (χ4v) is 2.28. The number of nitrogen functional groups attached to an aromatic ring is 1. The summed E-state index contributed by atoms with van der Waals surface area (Å²) in [5, 5.41) is 7.95. The Morgan fingerprint density at radius 3 is 3.12 bits per heavy atom. The molecular formula is C9H10BrN7. The van der Waals surface area contributed by atoms with E-state index in [0.29, 0.717) is 6.54 Å². The Kier molecular flexibility index (Phi) is 2.43. The molecule has 2 aromatic rings. The first-order chi connectivity index (χ1) is 8.24. The van der Waals surface area contributed by atoms with Crippen LogP contribution in [0.15, 0.2) is 17.0 Å². The Hall–Kier alpha value is -1.70. The molecule has 8 heteroatoms. The minimum Gasteiger partial charge on any atom is -0.368 e. The Bertz CT molecular complexity index is 552. The van der Waals surface area contributed by atoms with Gasteiger partial charge in [0.15, 0.2) is 5.82 Å². The smallest absolute Gasteiger partial charge is 0.222 e. The van der Waals surface area contributed by atoms with E-state index in [2.05, 4.69) is 41.0 Å². The van der Waals surface area contributed by atoms with Crippen LogP contribution in [0.5, 0.6) is 0 Å². The van der Waals surface area contributed by atoms with Gasteiger partial charge < -0.3 is 15.2 Å². The molecule has 3 heterocycles. The van der Waals surface area contributed by atoms with Gasteiger partial charge in [0.1, 0.15) is 12.1 Å². The number of hydrogen-bond donors (Lipinski definition) is 1. The summed E-state index contributed by atoms with van der Waals surface area (Å²) in [6.07, 6.45) is 3.41. The van der Waals surface area contributed by atoms with Gasteiger partial charge in [0.2, 0.25) is 5.95 Å². The summed E-state index contributed by atoms with van der Waals surface area (Å²) in [5.74, 6) is 2.00. The molecule has 0 atom stereocenters. The monoisotopic (exact) mass is 295 g/mol. The molecule has 3 rings (SSSR count). The Morgan fingerprint density at radius 1 is 1.35 bits per heavy atom. The van der Waals surface area contributed by atoms with E-state index in [9.17, 15) is 0 Å². The third kappa shape index (κ3) is 1.84. The SMILES string of the molecule is Nc1ncc(Br)c(N2CCn3cnnc3C2)n1. The lowest BCUT2D eigenvalue weighted by Crippen LogP contribution is -2.34. The van der Waals surface area contributed by atoms with Crippen LogP contribution in [0, 0.1) is 0 Å². The van der Waals surface area contributed by atoms with E-state index < -0.39 is 0 Å². The molecule has 0 amide bonds. The molecule has 0 radical (unpaired) electrons. The van der Waals surface area contributed by atoms with Gasteiger partial charge in [-0.25, -0.2) is 4.98 Å². The van der Waals surface area contributed by atoms with Crippen molar-refractivity contribution >= 4 is 27.7 Å². The third-order valence-corrected chi connectivity index (χ3v) is 3.24. The van der Waals surface area contributed by atoms with E-state index in [1.54, 1.807) is 12.5 Å². The van der Waals surface area contributed by atoms with Gasteiger partial charge in [-0.3, -0.25) is 0 Å². The van der Waals surface area contributed by atoms with Crippen molar-refractivity contribution < 1.29 is 0 Å². The highest BCUT2D eigenvalue weighted by atomic mass is 79.9. The lowest BCUT2D eigenvalue weighted by atomic mass is 10.3. The quantitative estimate of drug-likeness (QED) is 0.821. The molecule has 1 aliphatic rings. The molecule has 0 aliphatic carbocycles. The zero-order chi connectivity index (χ0) is 11.8. The minimum atomic E-state index is 0.273. The van der Waals surface area contributed by atoms with Gasteiger partial charge >= 0.3 is 0 Å². The zero-order valence-electron chi connectivity index (χ0n) is 8.91. The summed E-state index contributed by atoms with van der Waals surface area (Å²) in [6.45, 7) is 2.37. The van der Waals surface area contributed by atoms with E-state index in [0.717, 1.165) is 29.2 Å². The predicted octanol–water partition coefficient (Wildman–Crippen LogP) is 0.433. The van der Waals surface area contributed by atoms with Crippen LogP contribution in [-0.4, -0.2) is 31.3 Å². The number of aromatic nitrogens is 5. The van der Waals surface area contributed by atoms with Crippen LogP contribution in [0.4, 0.5) is 11.8 Å². The Labute approximate surface area is 106 Å². The van der Waals surface area contributed by atoms with E-state index in [4.69, 9.17) is 5.73 Å². The van der Waals surface area contributed by atoms with Gasteiger partial charge in [-0.1, -0.05) is 0 Å². The second-order valence-corrected chi connectivity index (χ2v) is 4.62. The standard InChI is InChI=1S/C9H10BrN7/c10-6-3-12-9(11)14-8(6)16-1-2-17-5-13-15-7(17)4-16/h3,5H,1-2,4H2,(H2,11,12,14). The highest BCUT2D eigenvalue weighted by Gasteiger charge is 2.20. The van der Waals surface area contributed by atoms with Crippen LogP contribution in [0.2, 0.25) is 0 Å². The first-order valence-corrected chi connectivity index (χ1v) is 5.93. The fraction of sp³-hybridized carbons (Fsp3) is 0.333. The number of fused-ring (bicyclic) bond motifs is 1. The summed E-state index contributed by atoms with van der Waals surface area (Å²) in [6, 6.07) is 0. The lowest BCUT2D eigenvalue weighted by molar-refractivity contribution is 0.555. The van der Waals surface area contributed by atoms with E-state index >= 15 is 0 Å².